The second-order valence-corrected chi connectivity index (χ2v) is 5.18. The number of hydrogen-bond donors (Lipinski definition) is 1. The highest BCUT2D eigenvalue weighted by atomic mass is 16.5. The molecule has 23 heavy (non-hydrogen) atoms. The van der Waals surface area contributed by atoms with Crippen LogP contribution in [0.1, 0.15) is 16.7 Å². The van der Waals surface area contributed by atoms with Gasteiger partial charge >= 0.3 is 0 Å². The Balaban J connectivity index is 1.81. The van der Waals surface area contributed by atoms with Crippen molar-refractivity contribution in [2.24, 2.45) is 5.10 Å². The van der Waals surface area contributed by atoms with Gasteiger partial charge in [0, 0.05) is 0 Å². The van der Waals surface area contributed by atoms with Crippen molar-refractivity contribution in [2.75, 3.05) is 13.7 Å². The molecule has 2 aromatic carbocycles. The minimum absolute atomic E-state index is 0.0805. The average molecular weight is 312 g/mol. The summed E-state index contributed by atoms with van der Waals surface area (Å²) >= 11 is 0. The van der Waals surface area contributed by atoms with Gasteiger partial charge in [-0.3, -0.25) is 4.79 Å². The number of amides is 1. The zero-order valence-electron chi connectivity index (χ0n) is 13.5. The summed E-state index contributed by atoms with van der Waals surface area (Å²) in [6.45, 7) is 3.89. The van der Waals surface area contributed by atoms with Gasteiger partial charge < -0.3 is 9.47 Å². The van der Waals surface area contributed by atoms with Crippen molar-refractivity contribution in [3.63, 3.8) is 0 Å². The normalized spacial score (nSPS) is 10.6. The molecular formula is C18H20N2O3. The van der Waals surface area contributed by atoms with Crippen LogP contribution < -0.4 is 14.9 Å². The molecule has 0 saturated heterocycles. The molecule has 0 atom stereocenters. The minimum Gasteiger partial charge on any atom is -0.497 e. The molecule has 0 radical (unpaired) electrons. The highest BCUT2D eigenvalue weighted by Crippen LogP contribution is 2.15. The molecule has 5 nitrogen and oxygen atoms in total. The number of nitrogens with one attached hydrogen (secondary N) is 1. The van der Waals surface area contributed by atoms with Crippen molar-refractivity contribution >= 4 is 12.1 Å². The van der Waals surface area contributed by atoms with Crippen LogP contribution in [0.3, 0.4) is 0 Å². The number of aryl methyl sites for hydroxylation is 2. The molecule has 0 saturated carbocycles. The summed E-state index contributed by atoms with van der Waals surface area (Å²) < 4.78 is 10.5. The third kappa shape index (κ3) is 5.47. The third-order valence-corrected chi connectivity index (χ3v) is 3.08. The van der Waals surface area contributed by atoms with E-state index in [0.717, 1.165) is 22.4 Å². The maximum absolute atomic E-state index is 11.7. The van der Waals surface area contributed by atoms with Crippen molar-refractivity contribution in [1.82, 2.24) is 5.43 Å². The number of ether oxygens (including phenoxy) is 2. The van der Waals surface area contributed by atoms with Gasteiger partial charge in [-0.15, -0.1) is 0 Å². The zero-order valence-corrected chi connectivity index (χ0v) is 13.5. The molecule has 0 unspecified atom stereocenters. The van der Waals surface area contributed by atoms with Gasteiger partial charge in [-0.1, -0.05) is 6.07 Å². The fourth-order valence-corrected chi connectivity index (χ4v) is 2.07. The van der Waals surface area contributed by atoms with Gasteiger partial charge in [0.05, 0.1) is 13.3 Å². The standard InChI is InChI=1S/C18H20N2O3/c1-13-8-14(2)10-17(9-13)23-12-18(21)20-19-11-15-4-6-16(22-3)7-5-15/h4-11H,12H2,1-3H3,(H,20,21). The third-order valence-electron chi connectivity index (χ3n) is 3.08. The van der Waals surface area contributed by atoms with Gasteiger partial charge in [-0.05, 0) is 66.9 Å². The van der Waals surface area contributed by atoms with Crippen molar-refractivity contribution in [1.29, 1.82) is 0 Å². The Morgan fingerprint density at radius 3 is 2.35 bits per heavy atom. The van der Waals surface area contributed by atoms with E-state index in [2.05, 4.69) is 10.5 Å². The lowest BCUT2D eigenvalue weighted by Gasteiger charge is -2.07. The molecule has 0 spiro atoms. The van der Waals surface area contributed by atoms with Crippen LogP contribution >= 0.6 is 0 Å². The van der Waals surface area contributed by atoms with Crippen molar-refractivity contribution in [2.45, 2.75) is 13.8 Å². The van der Waals surface area contributed by atoms with E-state index in [1.807, 2.05) is 56.3 Å². The second kappa shape index (κ2) is 7.98. The molecule has 0 aliphatic carbocycles. The number of benzene rings is 2. The largest absolute Gasteiger partial charge is 0.497 e. The monoisotopic (exact) mass is 312 g/mol. The average Bonchev–Trinajstić information content (AvgIpc) is 2.53. The van der Waals surface area contributed by atoms with E-state index in [0.29, 0.717) is 5.75 Å². The number of carbonyl (C=O) groups excluding carboxylic acids is 1. The van der Waals surface area contributed by atoms with Crippen LogP contribution in [0.4, 0.5) is 0 Å². The van der Waals surface area contributed by atoms with Crippen LogP contribution in [0.15, 0.2) is 47.6 Å². The smallest absolute Gasteiger partial charge is 0.277 e. The summed E-state index contributed by atoms with van der Waals surface area (Å²) in [6, 6.07) is 13.2. The Bertz CT molecular complexity index is 674. The zero-order chi connectivity index (χ0) is 16.7. The Morgan fingerprint density at radius 1 is 1.09 bits per heavy atom. The van der Waals surface area contributed by atoms with Crippen LogP contribution in [0.2, 0.25) is 0 Å². The van der Waals surface area contributed by atoms with E-state index in [9.17, 15) is 4.79 Å². The van der Waals surface area contributed by atoms with Gasteiger partial charge in [0.2, 0.25) is 0 Å². The van der Waals surface area contributed by atoms with E-state index in [4.69, 9.17) is 9.47 Å². The van der Waals surface area contributed by atoms with Gasteiger partial charge in [-0.25, -0.2) is 5.43 Å². The van der Waals surface area contributed by atoms with Gasteiger partial charge in [0.1, 0.15) is 11.5 Å². The predicted molar refractivity (Wildman–Crippen MR) is 90.1 cm³/mol. The van der Waals surface area contributed by atoms with Crippen molar-refractivity contribution in [3.8, 4) is 11.5 Å². The van der Waals surface area contributed by atoms with Crippen LogP contribution in [0.25, 0.3) is 0 Å². The first-order chi connectivity index (χ1) is 11.1. The summed E-state index contributed by atoms with van der Waals surface area (Å²) in [5.41, 5.74) is 5.49. The van der Waals surface area contributed by atoms with Crippen LogP contribution in [0, 0.1) is 13.8 Å². The first-order valence-electron chi connectivity index (χ1n) is 7.24. The minimum atomic E-state index is -0.311. The molecule has 0 aliphatic heterocycles. The van der Waals surface area contributed by atoms with E-state index in [-0.39, 0.29) is 12.5 Å². The summed E-state index contributed by atoms with van der Waals surface area (Å²) in [4.78, 5) is 11.7. The molecule has 0 heterocycles. The molecule has 0 aliphatic rings. The molecule has 2 rings (SSSR count). The maximum Gasteiger partial charge on any atom is 0.277 e. The van der Waals surface area contributed by atoms with E-state index < -0.39 is 0 Å². The quantitative estimate of drug-likeness (QED) is 0.659. The summed E-state index contributed by atoms with van der Waals surface area (Å²) in [5, 5.41) is 3.90. The molecular weight excluding hydrogens is 292 g/mol. The number of nitrogens with zero attached hydrogens (tertiary/aromatic N) is 1. The topological polar surface area (TPSA) is 59.9 Å². The molecule has 5 heteroatoms. The highest BCUT2D eigenvalue weighted by Gasteiger charge is 2.02. The van der Waals surface area contributed by atoms with Crippen LogP contribution in [-0.4, -0.2) is 25.8 Å². The molecule has 1 amide bonds. The fourth-order valence-electron chi connectivity index (χ4n) is 2.07. The Kier molecular flexibility index (Phi) is 5.74. The number of rotatable bonds is 6. The first-order valence-corrected chi connectivity index (χ1v) is 7.24. The lowest BCUT2D eigenvalue weighted by Crippen LogP contribution is -2.24. The molecule has 0 bridgehead atoms. The Hall–Kier alpha value is -2.82. The van der Waals surface area contributed by atoms with Gasteiger partial charge in [0.25, 0.3) is 5.91 Å². The number of carbonyl (C=O) groups is 1. The van der Waals surface area contributed by atoms with Gasteiger partial charge in [-0.2, -0.15) is 5.10 Å². The summed E-state index contributed by atoms with van der Waals surface area (Å²) in [7, 11) is 1.61. The van der Waals surface area contributed by atoms with Gasteiger partial charge in [0.15, 0.2) is 6.61 Å². The van der Waals surface area contributed by atoms with Crippen LogP contribution in [0.5, 0.6) is 11.5 Å². The summed E-state index contributed by atoms with van der Waals surface area (Å²) in [5.74, 6) is 1.14. The second-order valence-electron chi connectivity index (χ2n) is 5.18. The number of hydrogen-bond acceptors (Lipinski definition) is 4. The number of hydrazone groups is 1. The van der Waals surface area contributed by atoms with E-state index >= 15 is 0 Å². The maximum atomic E-state index is 11.7. The molecule has 120 valence electrons. The van der Waals surface area contributed by atoms with E-state index in [1.54, 1.807) is 13.3 Å². The lowest BCUT2D eigenvalue weighted by atomic mass is 10.1. The van der Waals surface area contributed by atoms with Crippen molar-refractivity contribution < 1.29 is 14.3 Å². The fraction of sp³-hybridized carbons (Fsp3) is 0.222. The molecule has 0 aromatic heterocycles. The molecule has 2 aromatic rings. The lowest BCUT2D eigenvalue weighted by molar-refractivity contribution is -0.123. The van der Waals surface area contributed by atoms with Crippen LogP contribution in [-0.2, 0) is 4.79 Å². The highest BCUT2D eigenvalue weighted by molar-refractivity contribution is 5.83. The Morgan fingerprint density at radius 2 is 1.74 bits per heavy atom. The SMILES string of the molecule is COc1ccc(C=NNC(=O)COc2cc(C)cc(C)c2)cc1. The first kappa shape index (κ1) is 16.5. The Labute approximate surface area is 135 Å². The molecule has 1 N–H and O–H groups in total. The van der Waals surface area contributed by atoms with Crippen molar-refractivity contribution in [3.05, 3.63) is 59.2 Å². The summed E-state index contributed by atoms with van der Waals surface area (Å²) in [6.07, 6.45) is 1.56. The number of methoxy groups -OCH3 is 1. The van der Waals surface area contributed by atoms with E-state index in [1.165, 1.54) is 0 Å². The molecule has 0 fully saturated rings. The predicted octanol–water partition coefficient (Wildman–Crippen LogP) is 2.84.